The van der Waals surface area contributed by atoms with Crippen molar-refractivity contribution in [2.45, 2.75) is 27.7 Å². The van der Waals surface area contributed by atoms with Crippen LogP contribution in [0.25, 0.3) is 93.3 Å². The topological polar surface area (TPSA) is 38.7 Å². The molecular formula is C60H47N3S. The molecule has 11 rings (SSSR count). The van der Waals surface area contributed by atoms with E-state index in [-0.39, 0.29) is 5.41 Å². The smallest absolute Gasteiger partial charge is 0.164 e. The highest BCUT2D eigenvalue weighted by Crippen LogP contribution is 2.57. The van der Waals surface area contributed by atoms with Gasteiger partial charge in [-0.25, -0.2) is 15.0 Å². The molecule has 0 spiro atoms. The molecule has 4 heteroatoms. The first-order chi connectivity index (χ1) is 31.3. The van der Waals surface area contributed by atoms with Crippen LogP contribution in [0.2, 0.25) is 0 Å². The number of allylic oxidation sites excluding steroid dienone is 8. The van der Waals surface area contributed by atoms with Gasteiger partial charge in [-0.15, -0.1) is 11.3 Å². The molecule has 0 saturated heterocycles. The van der Waals surface area contributed by atoms with Crippen molar-refractivity contribution in [2.75, 3.05) is 0 Å². The van der Waals surface area contributed by atoms with Crippen molar-refractivity contribution in [2.24, 2.45) is 17.3 Å². The van der Waals surface area contributed by atoms with Gasteiger partial charge in [0, 0.05) is 48.7 Å². The minimum absolute atomic E-state index is 0.0139. The predicted molar refractivity (Wildman–Crippen MR) is 271 cm³/mol. The van der Waals surface area contributed by atoms with Gasteiger partial charge in [-0.3, -0.25) is 0 Å². The molecule has 3 nitrogen and oxygen atoms in total. The molecule has 0 amide bonds. The Morgan fingerprint density at radius 1 is 0.516 bits per heavy atom. The fourth-order valence-electron chi connectivity index (χ4n) is 10.1. The minimum Gasteiger partial charge on any atom is -0.208 e. The van der Waals surface area contributed by atoms with Crippen molar-refractivity contribution in [3.63, 3.8) is 0 Å². The molecule has 0 saturated carbocycles. The van der Waals surface area contributed by atoms with Gasteiger partial charge >= 0.3 is 0 Å². The van der Waals surface area contributed by atoms with E-state index in [0.29, 0.717) is 29.3 Å². The number of aromatic nitrogens is 3. The number of nitrogens with zero attached hydrogens (tertiary/aromatic N) is 3. The highest BCUT2D eigenvalue weighted by Gasteiger charge is 2.47. The van der Waals surface area contributed by atoms with Gasteiger partial charge in [0.25, 0.3) is 0 Å². The maximum absolute atomic E-state index is 5.20. The summed E-state index contributed by atoms with van der Waals surface area (Å²) in [6, 6.07) is 60.8. The molecule has 2 unspecified atom stereocenters. The molecule has 7 aromatic carbocycles. The lowest BCUT2D eigenvalue weighted by molar-refractivity contribution is 0.327. The molecule has 2 aliphatic carbocycles. The number of rotatable bonds is 8. The lowest BCUT2D eigenvalue weighted by Gasteiger charge is -2.36. The van der Waals surface area contributed by atoms with Crippen LogP contribution in [0.1, 0.15) is 33.3 Å². The standard InChI is InChI=1S/C60H47N3S/c1-5-15-48-38(2)60(3,4)56-50(23-13-24-51(48)56)46-20-12-21-47(36-46)59-62-57(43-18-10-7-11-19-43)61-58(63-59)44-32-30-42(31-33-44)49-22-14-25-54-55(49)52-37-45(34-35-53(52)64-54)41-28-26-40(27-29-41)39-16-8-6-9-17-39/h5-37,51,56H,1-4H3/b15-5-. The van der Waals surface area contributed by atoms with Gasteiger partial charge in [-0.05, 0) is 93.6 Å². The summed E-state index contributed by atoms with van der Waals surface area (Å²) in [6.07, 6.45) is 11.4. The van der Waals surface area contributed by atoms with Crippen molar-refractivity contribution in [3.8, 4) is 67.5 Å². The molecule has 308 valence electrons. The van der Waals surface area contributed by atoms with E-state index in [9.17, 15) is 0 Å². The van der Waals surface area contributed by atoms with Crippen molar-refractivity contribution < 1.29 is 0 Å². The van der Waals surface area contributed by atoms with Crippen LogP contribution in [0.3, 0.4) is 0 Å². The molecule has 0 bridgehead atoms. The second-order valence-electron chi connectivity index (χ2n) is 17.6. The van der Waals surface area contributed by atoms with E-state index in [0.717, 1.165) is 22.3 Å². The van der Waals surface area contributed by atoms with E-state index >= 15 is 0 Å². The molecule has 9 aromatic rings. The minimum atomic E-state index is 0.0139. The second kappa shape index (κ2) is 16.1. The Bertz CT molecular complexity index is 3350. The zero-order valence-corrected chi connectivity index (χ0v) is 37.3. The number of fused-ring (bicyclic) bond motifs is 4. The maximum atomic E-state index is 5.20. The molecular weight excluding hydrogens is 795 g/mol. The summed E-state index contributed by atoms with van der Waals surface area (Å²) in [4.78, 5) is 15.4. The van der Waals surface area contributed by atoms with Gasteiger partial charge in [-0.1, -0.05) is 195 Å². The Hall–Kier alpha value is -7.27. The van der Waals surface area contributed by atoms with E-state index in [4.69, 9.17) is 15.0 Å². The Labute approximate surface area is 379 Å². The van der Waals surface area contributed by atoms with E-state index < -0.39 is 0 Å². The van der Waals surface area contributed by atoms with Crippen molar-refractivity contribution >= 4 is 37.1 Å². The monoisotopic (exact) mass is 841 g/mol. The van der Waals surface area contributed by atoms with Crippen molar-refractivity contribution in [1.29, 1.82) is 0 Å². The Balaban J connectivity index is 0.949. The van der Waals surface area contributed by atoms with Gasteiger partial charge < -0.3 is 0 Å². The van der Waals surface area contributed by atoms with Gasteiger partial charge in [0.15, 0.2) is 17.5 Å². The highest BCUT2D eigenvalue weighted by atomic mass is 32.1. The molecule has 2 heterocycles. The lowest BCUT2D eigenvalue weighted by atomic mass is 9.67. The zero-order chi connectivity index (χ0) is 43.4. The van der Waals surface area contributed by atoms with Crippen LogP contribution >= 0.6 is 11.3 Å². The van der Waals surface area contributed by atoms with Crippen molar-refractivity contribution in [1.82, 2.24) is 15.0 Å². The third-order valence-electron chi connectivity index (χ3n) is 13.6. The number of benzene rings is 7. The van der Waals surface area contributed by atoms with Crippen LogP contribution in [0.5, 0.6) is 0 Å². The lowest BCUT2D eigenvalue weighted by Crippen LogP contribution is -2.27. The summed E-state index contributed by atoms with van der Waals surface area (Å²) < 4.78 is 2.56. The van der Waals surface area contributed by atoms with E-state index in [1.165, 1.54) is 70.3 Å². The molecule has 0 radical (unpaired) electrons. The fraction of sp³-hybridized carbons (Fsp3) is 0.117. The van der Waals surface area contributed by atoms with Crippen LogP contribution < -0.4 is 0 Å². The summed E-state index contributed by atoms with van der Waals surface area (Å²) in [5.41, 5.74) is 15.6. The second-order valence-corrected chi connectivity index (χ2v) is 18.7. The average molecular weight is 842 g/mol. The van der Waals surface area contributed by atoms with E-state index in [2.05, 4.69) is 210 Å². The first-order valence-corrected chi connectivity index (χ1v) is 23.0. The molecule has 64 heavy (non-hydrogen) atoms. The van der Waals surface area contributed by atoms with Gasteiger partial charge in [0.1, 0.15) is 0 Å². The van der Waals surface area contributed by atoms with Crippen LogP contribution in [0.4, 0.5) is 0 Å². The summed E-state index contributed by atoms with van der Waals surface area (Å²) in [5, 5.41) is 2.56. The number of hydrogen-bond donors (Lipinski definition) is 0. The SMILES string of the molecule is C/C=C\C1=C(C)C(C)(C)C2C(c3cccc(-c4nc(-c5ccccc5)nc(-c5ccc(-c6cccc7sc8ccc(-c9ccc(-c%10ccccc%10)cc9)cc8c67)cc5)n4)c3)=CC=CC12. The van der Waals surface area contributed by atoms with E-state index in [1.54, 1.807) is 0 Å². The quantitative estimate of drug-likeness (QED) is 0.153. The largest absolute Gasteiger partial charge is 0.208 e. The predicted octanol–water partition coefficient (Wildman–Crippen LogP) is 16.4. The Morgan fingerprint density at radius 2 is 1.06 bits per heavy atom. The van der Waals surface area contributed by atoms with E-state index in [1.807, 2.05) is 29.5 Å². The summed E-state index contributed by atoms with van der Waals surface area (Å²) in [7, 11) is 0. The summed E-state index contributed by atoms with van der Waals surface area (Å²) >= 11 is 1.85. The van der Waals surface area contributed by atoms with Crippen molar-refractivity contribution in [3.05, 3.63) is 217 Å². The Morgan fingerprint density at radius 3 is 1.77 bits per heavy atom. The van der Waals surface area contributed by atoms with Crippen LogP contribution in [-0.2, 0) is 0 Å². The Kier molecular flexibility index (Phi) is 9.97. The van der Waals surface area contributed by atoms with Gasteiger partial charge in [-0.2, -0.15) is 0 Å². The third-order valence-corrected chi connectivity index (χ3v) is 14.7. The molecule has 0 aliphatic heterocycles. The molecule has 2 aliphatic rings. The highest BCUT2D eigenvalue weighted by molar-refractivity contribution is 7.26. The maximum Gasteiger partial charge on any atom is 0.164 e. The van der Waals surface area contributed by atoms with Gasteiger partial charge in [0.2, 0.25) is 0 Å². The third kappa shape index (κ3) is 6.95. The zero-order valence-electron chi connectivity index (χ0n) is 36.5. The fourth-order valence-corrected chi connectivity index (χ4v) is 11.2. The first kappa shape index (κ1) is 39.6. The first-order valence-electron chi connectivity index (χ1n) is 22.2. The van der Waals surface area contributed by atoms with Gasteiger partial charge in [0.05, 0.1) is 0 Å². The van der Waals surface area contributed by atoms with Crippen LogP contribution in [0.15, 0.2) is 211 Å². The van der Waals surface area contributed by atoms with Crippen LogP contribution in [0, 0.1) is 17.3 Å². The molecule has 0 N–H and O–H groups in total. The number of thiophene rings is 1. The molecule has 0 fully saturated rings. The summed E-state index contributed by atoms with van der Waals surface area (Å²) in [6.45, 7) is 9.22. The van der Waals surface area contributed by atoms with Crippen LogP contribution in [-0.4, -0.2) is 15.0 Å². The number of hydrogen-bond acceptors (Lipinski definition) is 4. The molecule has 2 aromatic heterocycles. The summed E-state index contributed by atoms with van der Waals surface area (Å²) in [5.74, 6) is 2.65. The average Bonchev–Trinajstić information content (AvgIpc) is 3.82. The normalized spacial score (nSPS) is 16.8. The molecule has 2 atom stereocenters.